The molecule has 352 valence electrons. The van der Waals surface area contributed by atoms with Crippen LogP contribution >= 0.6 is 0 Å². The molecule has 0 saturated heterocycles. The maximum absolute atomic E-state index is 7.07. The Morgan fingerprint density at radius 2 is 1.09 bits per heavy atom. The first-order valence-corrected chi connectivity index (χ1v) is 23.5. The van der Waals surface area contributed by atoms with Gasteiger partial charge in [0.2, 0.25) is 0 Å². The van der Waals surface area contributed by atoms with Crippen LogP contribution in [0.4, 0.5) is 22.7 Å². The first kappa shape index (κ1) is 50.2. The van der Waals surface area contributed by atoms with Crippen LogP contribution in [-0.4, -0.2) is 9.55 Å². The smallest absolute Gasteiger partial charge is 0.509 e. The SMILES string of the molecule is CC(C)(C)c1cc(Oc2[c-]c3c(c(C(C)(C)C)c2)c2ccccc2n3-c2cc(C(C)(C)C)ccn2)[c-]c(N2[CH-]N(c3cc(C(C)(C)C)cc(C(C)(C)c4ccccc4)c3)c3ccccc32)c1.[CH3-].[Pt+4]. The molecule has 0 amide bonds. The van der Waals surface area contributed by atoms with Crippen LogP contribution in [0.15, 0.2) is 134 Å². The Kier molecular flexibility index (Phi) is 13.3. The number of nitrogens with zero attached hydrogens (tertiary/aromatic N) is 4. The van der Waals surface area contributed by atoms with E-state index in [-0.39, 0.29) is 55.6 Å². The molecule has 6 aromatic carbocycles. The van der Waals surface area contributed by atoms with Crippen LogP contribution in [0.3, 0.4) is 0 Å². The number of benzene rings is 6. The molecule has 1 aliphatic heterocycles. The van der Waals surface area contributed by atoms with E-state index in [0.29, 0.717) is 11.5 Å². The van der Waals surface area contributed by atoms with Crippen LogP contribution < -0.4 is 14.5 Å². The Morgan fingerprint density at radius 3 is 1.74 bits per heavy atom. The van der Waals surface area contributed by atoms with Gasteiger partial charge in [-0.25, -0.2) is 4.98 Å². The number of pyridine rings is 1. The summed E-state index contributed by atoms with van der Waals surface area (Å²) in [7, 11) is 0. The topological polar surface area (TPSA) is 33.5 Å². The molecular formula is C62H68N4OPt. The van der Waals surface area contributed by atoms with E-state index in [4.69, 9.17) is 9.72 Å². The molecule has 1 aliphatic rings. The third-order valence-corrected chi connectivity index (χ3v) is 13.4. The number of para-hydroxylation sites is 3. The molecule has 5 nitrogen and oxygen atoms in total. The predicted octanol–water partition coefficient (Wildman–Crippen LogP) is 16.9. The minimum atomic E-state index is -0.217. The van der Waals surface area contributed by atoms with Crippen molar-refractivity contribution >= 4 is 44.6 Å². The number of hydrogen-bond donors (Lipinski definition) is 0. The third kappa shape index (κ3) is 9.41. The van der Waals surface area contributed by atoms with Crippen LogP contribution in [0.5, 0.6) is 11.5 Å². The molecule has 0 aliphatic carbocycles. The van der Waals surface area contributed by atoms with Gasteiger partial charge >= 0.3 is 21.1 Å². The Labute approximate surface area is 421 Å². The second kappa shape index (κ2) is 18.0. The fourth-order valence-electron chi connectivity index (χ4n) is 9.22. The van der Waals surface area contributed by atoms with E-state index in [0.717, 1.165) is 50.6 Å². The van der Waals surface area contributed by atoms with Gasteiger partial charge in [-0.15, -0.1) is 53.8 Å². The number of hydrogen-bond acceptors (Lipinski definition) is 4. The van der Waals surface area contributed by atoms with Crippen LogP contribution in [0.2, 0.25) is 0 Å². The summed E-state index contributed by atoms with van der Waals surface area (Å²) in [6.07, 6.45) is 1.93. The second-order valence-electron chi connectivity index (χ2n) is 22.9. The molecule has 0 N–H and O–H groups in total. The Hall–Kier alpha value is -5.64. The maximum atomic E-state index is 7.07. The van der Waals surface area contributed by atoms with E-state index in [9.17, 15) is 0 Å². The predicted molar refractivity (Wildman–Crippen MR) is 284 cm³/mol. The molecule has 0 radical (unpaired) electrons. The number of aromatic nitrogens is 2. The van der Waals surface area contributed by atoms with Gasteiger partial charge in [-0.2, -0.15) is 0 Å². The average Bonchev–Trinajstić information content (AvgIpc) is 3.81. The fourth-order valence-corrected chi connectivity index (χ4v) is 9.22. The molecule has 0 spiro atoms. The van der Waals surface area contributed by atoms with E-state index in [1.54, 1.807) is 0 Å². The monoisotopic (exact) mass is 1080 g/mol. The van der Waals surface area contributed by atoms with Crippen molar-refractivity contribution in [2.45, 2.75) is 124 Å². The van der Waals surface area contributed by atoms with Crippen molar-refractivity contribution in [2.24, 2.45) is 0 Å². The van der Waals surface area contributed by atoms with Gasteiger partial charge < -0.3 is 26.5 Å². The summed E-state index contributed by atoms with van der Waals surface area (Å²) in [4.78, 5) is 9.58. The van der Waals surface area contributed by atoms with Gasteiger partial charge in [0, 0.05) is 45.7 Å². The van der Waals surface area contributed by atoms with Gasteiger partial charge in [0.25, 0.3) is 0 Å². The summed E-state index contributed by atoms with van der Waals surface area (Å²) in [6.45, 7) is 34.1. The quantitative estimate of drug-likeness (QED) is 0.149. The molecule has 3 heterocycles. The molecule has 0 bridgehead atoms. The standard InChI is InChI=1S/C61H65N4O.CH3.Pt/c1-57(2,3)41-28-29-62-55(35-41)65-51-25-19-18-24-49(51)56-50(60(10,11)12)37-48(38-54(56)65)66-47-34-43(59(7,8)9)32-46(36-47)64-39-63(52-26-20-21-27-53(52)64)45-31-42(58(4,5)6)30-44(33-45)61(13,14)40-22-16-15-17-23-40;;/h15-35,37,39H,1-14H3;1H3;/q-3;-1;+4. The molecule has 9 rings (SSSR count). The molecule has 0 saturated carbocycles. The van der Waals surface area contributed by atoms with Crippen molar-refractivity contribution < 1.29 is 25.8 Å². The van der Waals surface area contributed by atoms with Crippen molar-refractivity contribution in [3.05, 3.63) is 193 Å². The Bertz CT molecular complexity index is 3120. The molecule has 0 fully saturated rings. The first-order chi connectivity index (χ1) is 31.0. The van der Waals surface area contributed by atoms with Crippen molar-refractivity contribution in [3.63, 3.8) is 0 Å². The second-order valence-corrected chi connectivity index (χ2v) is 22.9. The third-order valence-electron chi connectivity index (χ3n) is 13.4. The zero-order chi connectivity index (χ0) is 47.1. The van der Waals surface area contributed by atoms with Gasteiger partial charge in [-0.05, 0) is 91.8 Å². The van der Waals surface area contributed by atoms with Crippen molar-refractivity contribution in [2.75, 3.05) is 9.80 Å². The van der Waals surface area contributed by atoms with E-state index in [1.165, 1.54) is 33.2 Å². The van der Waals surface area contributed by atoms with Gasteiger partial charge in [-0.3, -0.25) is 0 Å². The maximum Gasteiger partial charge on any atom is 4.00 e. The van der Waals surface area contributed by atoms with Gasteiger partial charge in [0.15, 0.2) is 0 Å². The van der Waals surface area contributed by atoms with Crippen molar-refractivity contribution in [3.8, 4) is 17.3 Å². The molecule has 68 heavy (non-hydrogen) atoms. The summed E-state index contributed by atoms with van der Waals surface area (Å²) < 4.78 is 9.33. The molecule has 0 atom stereocenters. The van der Waals surface area contributed by atoms with Crippen molar-refractivity contribution in [1.29, 1.82) is 0 Å². The van der Waals surface area contributed by atoms with Gasteiger partial charge in [0.05, 0.1) is 0 Å². The largest absolute Gasteiger partial charge is 4.00 e. The average molecular weight is 1080 g/mol. The molecule has 8 aromatic rings. The molecule has 2 aromatic heterocycles. The van der Waals surface area contributed by atoms with Crippen LogP contribution in [-0.2, 0) is 48.1 Å². The minimum absolute atomic E-state index is 0. The molecule has 6 heteroatoms. The fraction of sp³-hybridized carbons (Fsp3) is 0.306. The van der Waals surface area contributed by atoms with E-state index >= 15 is 0 Å². The van der Waals surface area contributed by atoms with Crippen LogP contribution in [0, 0.1) is 26.2 Å². The summed E-state index contributed by atoms with van der Waals surface area (Å²) in [5.74, 6) is 2.13. The summed E-state index contributed by atoms with van der Waals surface area (Å²) in [5.41, 5.74) is 12.9. The van der Waals surface area contributed by atoms with E-state index in [2.05, 4.69) is 257 Å². The van der Waals surface area contributed by atoms with E-state index in [1.807, 2.05) is 6.20 Å². The summed E-state index contributed by atoms with van der Waals surface area (Å²) in [6, 6.07) is 53.8. The van der Waals surface area contributed by atoms with Gasteiger partial charge in [-0.1, -0.05) is 175 Å². The number of fused-ring (bicyclic) bond motifs is 4. The van der Waals surface area contributed by atoms with Crippen LogP contribution in [0.1, 0.15) is 130 Å². The summed E-state index contributed by atoms with van der Waals surface area (Å²) in [5, 5.41) is 2.33. The first-order valence-electron chi connectivity index (χ1n) is 23.5. The van der Waals surface area contributed by atoms with Gasteiger partial charge in [0.1, 0.15) is 5.82 Å². The zero-order valence-corrected chi connectivity index (χ0v) is 45.1. The normalized spacial score (nSPS) is 13.4. The Balaban J connectivity index is 0.00000342. The molecular weight excluding hydrogens is 1010 g/mol. The van der Waals surface area contributed by atoms with E-state index < -0.39 is 0 Å². The number of rotatable bonds is 7. The number of ether oxygens (including phenoxy) is 1. The van der Waals surface area contributed by atoms with Crippen molar-refractivity contribution in [1.82, 2.24) is 9.55 Å². The Morgan fingerprint density at radius 1 is 0.515 bits per heavy atom. The van der Waals surface area contributed by atoms with Crippen LogP contribution in [0.25, 0.3) is 27.6 Å². The zero-order valence-electron chi connectivity index (χ0n) is 42.8. The minimum Gasteiger partial charge on any atom is -0.509 e. The summed E-state index contributed by atoms with van der Waals surface area (Å²) >= 11 is 0. The number of anilines is 4. The molecule has 0 unspecified atom stereocenters.